The quantitative estimate of drug-likeness (QED) is 0.693. The van der Waals surface area contributed by atoms with Gasteiger partial charge < -0.3 is 10.1 Å². The molecule has 18 heavy (non-hydrogen) atoms. The molecule has 0 saturated carbocycles. The maximum absolute atomic E-state index is 11.7. The molecule has 0 aliphatic heterocycles. The Morgan fingerprint density at radius 3 is 2.11 bits per heavy atom. The van der Waals surface area contributed by atoms with Crippen LogP contribution in [0.5, 0.6) is 0 Å². The zero-order chi connectivity index (χ0) is 14.2. The van der Waals surface area contributed by atoms with E-state index >= 15 is 0 Å². The van der Waals surface area contributed by atoms with Gasteiger partial charge in [-0.25, -0.2) is 0 Å². The third-order valence-corrected chi connectivity index (χ3v) is 3.72. The van der Waals surface area contributed by atoms with Crippen molar-refractivity contribution in [3.05, 3.63) is 0 Å². The number of rotatable bonds is 8. The number of ether oxygens (including phenoxy) is 1. The lowest BCUT2D eigenvalue weighted by atomic mass is 9.93. The maximum atomic E-state index is 11.7. The molecule has 0 radical (unpaired) electrons. The smallest absolute Gasteiger partial charge is 0.0581 e. The molecule has 1 unspecified atom stereocenters. The monoisotopic (exact) mass is 277 g/mol. The summed E-state index contributed by atoms with van der Waals surface area (Å²) in [7, 11) is -0.767. The molecule has 4 heteroatoms. The summed E-state index contributed by atoms with van der Waals surface area (Å²) in [5.41, 5.74) is 0.420. The lowest BCUT2D eigenvalue weighted by molar-refractivity contribution is 0.121. The van der Waals surface area contributed by atoms with E-state index in [1.165, 1.54) is 0 Å². The second kappa shape index (κ2) is 8.28. The van der Waals surface area contributed by atoms with Gasteiger partial charge in [0.25, 0.3) is 0 Å². The van der Waals surface area contributed by atoms with Crippen molar-refractivity contribution in [1.29, 1.82) is 0 Å². The molecule has 0 aliphatic carbocycles. The van der Waals surface area contributed by atoms with E-state index in [2.05, 4.69) is 46.9 Å². The second-order valence-electron chi connectivity index (χ2n) is 6.95. The molecule has 0 spiro atoms. The molecule has 0 amide bonds. The van der Waals surface area contributed by atoms with Gasteiger partial charge in [-0.05, 0) is 32.6 Å². The highest BCUT2D eigenvalue weighted by Gasteiger charge is 2.10. The molecule has 0 rings (SSSR count). The molecule has 0 fully saturated rings. The Morgan fingerprint density at radius 1 is 1.00 bits per heavy atom. The van der Waals surface area contributed by atoms with Crippen LogP contribution in [-0.2, 0) is 15.5 Å². The van der Waals surface area contributed by atoms with Crippen LogP contribution in [0.2, 0.25) is 0 Å². The highest BCUT2D eigenvalue weighted by molar-refractivity contribution is 7.85. The number of nitrogens with one attached hydrogen (secondary N) is 1. The molecule has 0 aromatic rings. The van der Waals surface area contributed by atoms with E-state index in [4.69, 9.17) is 4.74 Å². The van der Waals surface area contributed by atoms with Gasteiger partial charge in [-0.2, -0.15) is 0 Å². The van der Waals surface area contributed by atoms with Crippen LogP contribution in [0.15, 0.2) is 0 Å². The Labute approximate surface area is 116 Å². The Balaban J connectivity index is 3.44. The fourth-order valence-electron chi connectivity index (χ4n) is 1.27. The lowest BCUT2D eigenvalue weighted by Crippen LogP contribution is -2.38. The van der Waals surface area contributed by atoms with Crippen molar-refractivity contribution in [3.8, 4) is 0 Å². The van der Waals surface area contributed by atoms with Crippen molar-refractivity contribution in [2.75, 3.05) is 31.3 Å². The van der Waals surface area contributed by atoms with Gasteiger partial charge in [0.1, 0.15) is 0 Å². The minimum atomic E-state index is -0.767. The summed E-state index contributed by atoms with van der Waals surface area (Å²) in [5.74, 6) is 1.36. The van der Waals surface area contributed by atoms with Gasteiger partial charge in [-0.1, -0.05) is 20.8 Å². The normalized spacial score (nSPS) is 14.8. The first-order valence-electron chi connectivity index (χ1n) is 6.78. The number of hydrogen-bond acceptors (Lipinski definition) is 3. The molecule has 0 saturated heterocycles. The molecule has 0 bridgehead atoms. The SMILES string of the molecule is CC(C)(C)CCOCCS(=O)CCNC(C)(C)C. The number of hydrogen-bond donors (Lipinski definition) is 1. The third kappa shape index (κ3) is 14.1. The van der Waals surface area contributed by atoms with Crippen LogP contribution in [0.1, 0.15) is 48.0 Å². The van der Waals surface area contributed by atoms with Gasteiger partial charge in [0.15, 0.2) is 0 Å². The topological polar surface area (TPSA) is 38.3 Å². The molecule has 110 valence electrons. The zero-order valence-corrected chi connectivity index (χ0v) is 13.8. The van der Waals surface area contributed by atoms with Crippen molar-refractivity contribution in [2.24, 2.45) is 5.41 Å². The van der Waals surface area contributed by atoms with Gasteiger partial charge in [0, 0.05) is 41.0 Å². The molecule has 1 atom stereocenters. The van der Waals surface area contributed by atoms with E-state index in [1.54, 1.807) is 0 Å². The maximum Gasteiger partial charge on any atom is 0.0581 e. The predicted octanol–water partition coefficient (Wildman–Crippen LogP) is 2.58. The highest BCUT2D eigenvalue weighted by Crippen LogP contribution is 2.17. The Hall–Kier alpha value is 0.0700. The van der Waals surface area contributed by atoms with E-state index in [0.29, 0.717) is 23.5 Å². The van der Waals surface area contributed by atoms with E-state index in [1.807, 2.05) is 0 Å². The first-order chi connectivity index (χ1) is 8.10. The van der Waals surface area contributed by atoms with Crippen molar-refractivity contribution in [2.45, 2.75) is 53.5 Å². The zero-order valence-electron chi connectivity index (χ0n) is 13.0. The van der Waals surface area contributed by atoms with Crippen LogP contribution in [0.4, 0.5) is 0 Å². The van der Waals surface area contributed by atoms with Gasteiger partial charge in [0.05, 0.1) is 6.61 Å². The second-order valence-corrected chi connectivity index (χ2v) is 8.64. The summed E-state index contributed by atoms with van der Waals surface area (Å²) >= 11 is 0. The molecule has 3 nitrogen and oxygen atoms in total. The molecule has 0 heterocycles. The molecule has 0 aromatic heterocycles. The summed E-state index contributed by atoms with van der Waals surface area (Å²) in [4.78, 5) is 0. The van der Waals surface area contributed by atoms with Gasteiger partial charge in [-0.3, -0.25) is 4.21 Å². The summed E-state index contributed by atoms with van der Waals surface area (Å²) in [6, 6.07) is 0. The van der Waals surface area contributed by atoms with Crippen LogP contribution in [0.25, 0.3) is 0 Å². The molecule has 0 aromatic carbocycles. The molecule has 0 aliphatic rings. The Morgan fingerprint density at radius 2 is 1.61 bits per heavy atom. The lowest BCUT2D eigenvalue weighted by Gasteiger charge is -2.20. The van der Waals surface area contributed by atoms with Crippen molar-refractivity contribution in [3.63, 3.8) is 0 Å². The first-order valence-corrected chi connectivity index (χ1v) is 8.27. The minimum Gasteiger partial charge on any atom is -0.380 e. The standard InChI is InChI=1S/C14H31NO2S/c1-13(2,3)7-9-17-10-12-18(16)11-8-15-14(4,5)6/h15H,7-12H2,1-6H3. The summed E-state index contributed by atoms with van der Waals surface area (Å²) < 4.78 is 17.2. The fourth-order valence-corrected chi connectivity index (χ4v) is 2.11. The Bertz CT molecular complexity index is 241. The largest absolute Gasteiger partial charge is 0.380 e. The van der Waals surface area contributed by atoms with Gasteiger partial charge in [-0.15, -0.1) is 0 Å². The minimum absolute atomic E-state index is 0.105. The van der Waals surface area contributed by atoms with Crippen LogP contribution >= 0.6 is 0 Å². The Kier molecular flexibility index (Phi) is 8.31. The van der Waals surface area contributed by atoms with Gasteiger partial charge >= 0.3 is 0 Å². The first kappa shape index (κ1) is 18.1. The van der Waals surface area contributed by atoms with Crippen LogP contribution < -0.4 is 5.32 Å². The fraction of sp³-hybridized carbons (Fsp3) is 1.00. The average Bonchev–Trinajstić information content (AvgIpc) is 2.13. The van der Waals surface area contributed by atoms with Crippen molar-refractivity contribution < 1.29 is 8.95 Å². The van der Waals surface area contributed by atoms with E-state index in [9.17, 15) is 4.21 Å². The van der Waals surface area contributed by atoms with Crippen LogP contribution in [0.3, 0.4) is 0 Å². The third-order valence-electron chi connectivity index (χ3n) is 2.44. The summed E-state index contributed by atoms with van der Waals surface area (Å²) in [6.07, 6.45) is 1.05. The predicted molar refractivity (Wildman–Crippen MR) is 80.5 cm³/mol. The summed E-state index contributed by atoms with van der Waals surface area (Å²) in [5, 5.41) is 3.34. The van der Waals surface area contributed by atoms with Crippen molar-refractivity contribution in [1.82, 2.24) is 5.32 Å². The van der Waals surface area contributed by atoms with Gasteiger partial charge in [0.2, 0.25) is 0 Å². The average molecular weight is 277 g/mol. The molecule has 1 N–H and O–H groups in total. The highest BCUT2D eigenvalue weighted by atomic mass is 32.2. The molecular weight excluding hydrogens is 246 g/mol. The van der Waals surface area contributed by atoms with Crippen LogP contribution in [0, 0.1) is 5.41 Å². The van der Waals surface area contributed by atoms with Crippen LogP contribution in [-0.4, -0.2) is 41.0 Å². The van der Waals surface area contributed by atoms with E-state index in [-0.39, 0.29) is 5.54 Å². The summed E-state index contributed by atoms with van der Waals surface area (Å²) in [6.45, 7) is 15.1. The van der Waals surface area contributed by atoms with Crippen molar-refractivity contribution >= 4 is 10.8 Å². The van der Waals surface area contributed by atoms with E-state index < -0.39 is 10.8 Å². The van der Waals surface area contributed by atoms with E-state index in [0.717, 1.165) is 19.6 Å². The molecular formula is C14H31NO2S.